The van der Waals surface area contributed by atoms with E-state index in [4.69, 9.17) is 5.73 Å². The van der Waals surface area contributed by atoms with Crippen molar-refractivity contribution in [2.24, 2.45) is 10.7 Å². The first-order valence-corrected chi connectivity index (χ1v) is 6.71. The van der Waals surface area contributed by atoms with Gasteiger partial charge in [-0.3, -0.25) is 4.99 Å². The fourth-order valence-corrected chi connectivity index (χ4v) is 2.96. The van der Waals surface area contributed by atoms with Crippen molar-refractivity contribution in [1.82, 2.24) is 5.32 Å². The van der Waals surface area contributed by atoms with Gasteiger partial charge < -0.3 is 11.1 Å². The van der Waals surface area contributed by atoms with Crippen LogP contribution in [0.4, 0.5) is 13.2 Å². The third kappa shape index (κ3) is 2.40. The van der Waals surface area contributed by atoms with Gasteiger partial charge in [0.1, 0.15) is 5.84 Å². The molecule has 108 valence electrons. The van der Waals surface area contributed by atoms with Crippen LogP contribution in [0.1, 0.15) is 30.4 Å². The van der Waals surface area contributed by atoms with E-state index in [2.05, 4.69) is 10.3 Å². The highest BCUT2D eigenvalue weighted by atomic mass is 19.4. The Morgan fingerprint density at radius 1 is 1.20 bits per heavy atom. The Hall–Kier alpha value is -1.56. The molecule has 3 unspecified atom stereocenters. The van der Waals surface area contributed by atoms with Gasteiger partial charge in [-0.1, -0.05) is 18.2 Å². The van der Waals surface area contributed by atoms with Gasteiger partial charge in [-0.05, 0) is 25.3 Å². The first-order valence-electron chi connectivity index (χ1n) is 6.71. The minimum Gasteiger partial charge on any atom is -0.365 e. The average molecular weight is 283 g/mol. The maximum Gasteiger partial charge on any atom is 0.417 e. The second-order valence-corrected chi connectivity index (χ2v) is 5.41. The van der Waals surface area contributed by atoms with Crippen LogP contribution in [-0.4, -0.2) is 24.0 Å². The molecule has 1 aromatic carbocycles. The van der Waals surface area contributed by atoms with Crippen LogP contribution in [0.5, 0.6) is 0 Å². The minimum absolute atomic E-state index is 0.0473. The Labute approximate surface area is 115 Å². The topological polar surface area (TPSA) is 50.4 Å². The van der Waals surface area contributed by atoms with Crippen molar-refractivity contribution in [2.45, 2.75) is 43.6 Å². The molecular weight excluding hydrogens is 267 g/mol. The van der Waals surface area contributed by atoms with Crippen LogP contribution >= 0.6 is 0 Å². The Morgan fingerprint density at radius 2 is 1.95 bits per heavy atom. The molecule has 1 aliphatic heterocycles. The number of nitrogens with one attached hydrogen (secondary N) is 1. The summed E-state index contributed by atoms with van der Waals surface area (Å²) in [6.45, 7) is 0. The second-order valence-electron chi connectivity index (χ2n) is 5.41. The summed E-state index contributed by atoms with van der Waals surface area (Å²) in [6.07, 6.45) is -1.91. The van der Waals surface area contributed by atoms with Crippen molar-refractivity contribution in [3.8, 4) is 0 Å². The SMILES string of the molecule is NC1CCC2N=C(c3ccccc3C(F)(F)F)NC2C1. The van der Waals surface area contributed by atoms with E-state index in [1.54, 1.807) is 6.07 Å². The van der Waals surface area contributed by atoms with Gasteiger partial charge >= 0.3 is 6.18 Å². The summed E-state index contributed by atoms with van der Waals surface area (Å²) in [5.74, 6) is 0.349. The summed E-state index contributed by atoms with van der Waals surface area (Å²) < 4.78 is 39.1. The molecule has 1 saturated carbocycles. The highest BCUT2D eigenvalue weighted by Crippen LogP contribution is 2.33. The number of halogens is 3. The van der Waals surface area contributed by atoms with E-state index in [0.717, 1.165) is 25.3 Å². The highest BCUT2D eigenvalue weighted by Gasteiger charge is 2.38. The lowest BCUT2D eigenvalue weighted by molar-refractivity contribution is -0.137. The van der Waals surface area contributed by atoms with Gasteiger partial charge in [0.15, 0.2) is 0 Å². The molecule has 0 amide bonds. The second kappa shape index (κ2) is 4.77. The molecule has 0 spiro atoms. The van der Waals surface area contributed by atoms with Crippen molar-refractivity contribution < 1.29 is 13.2 Å². The predicted molar refractivity (Wildman–Crippen MR) is 70.5 cm³/mol. The lowest BCUT2D eigenvalue weighted by Crippen LogP contribution is -2.44. The fraction of sp³-hybridized carbons (Fsp3) is 0.500. The van der Waals surface area contributed by atoms with Crippen molar-refractivity contribution in [2.75, 3.05) is 0 Å². The number of benzene rings is 1. The number of hydrogen-bond acceptors (Lipinski definition) is 3. The average Bonchev–Trinajstić information content (AvgIpc) is 2.80. The Balaban J connectivity index is 1.92. The third-order valence-corrected chi connectivity index (χ3v) is 3.96. The van der Waals surface area contributed by atoms with E-state index in [-0.39, 0.29) is 23.7 Å². The molecule has 3 atom stereocenters. The van der Waals surface area contributed by atoms with Crippen molar-refractivity contribution in [3.05, 3.63) is 35.4 Å². The number of nitrogens with two attached hydrogens (primary N) is 1. The van der Waals surface area contributed by atoms with Gasteiger partial charge in [0, 0.05) is 11.6 Å². The van der Waals surface area contributed by atoms with E-state index in [0.29, 0.717) is 5.84 Å². The largest absolute Gasteiger partial charge is 0.417 e. The van der Waals surface area contributed by atoms with Gasteiger partial charge in [0.2, 0.25) is 0 Å². The summed E-state index contributed by atoms with van der Waals surface area (Å²) in [5.41, 5.74) is 5.39. The molecule has 3 nitrogen and oxygen atoms in total. The van der Waals surface area contributed by atoms with Gasteiger partial charge in [-0.2, -0.15) is 13.2 Å². The third-order valence-electron chi connectivity index (χ3n) is 3.96. The lowest BCUT2D eigenvalue weighted by Gasteiger charge is -2.28. The van der Waals surface area contributed by atoms with Crippen molar-refractivity contribution in [3.63, 3.8) is 0 Å². The van der Waals surface area contributed by atoms with E-state index in [9.17, 15) is 13.2 Å². The summed E-state index contributed by atoms with van der Waals surface area (Å²) >= 11 is 0. The van der Waals surface area contributed by atoms with Gasteiger partial charge in [-0.25, -0.2) is 0 Å². The molecule has 2 aliphatic rings. The number of alkyl halides is 3. The molecule has 6 heteroatoms. The smallest absolute Gasteiger partial charge is 0.365 e. The molecule has 0 radical (unpaired) electrons. The van der Waals surface area contributed by atoms with Crippen LogP contribution in [0.2, 0.25) is 0 Å². The molecule has 1 aliphatic carbocycles. The van der Waals surface area contributed by atoms with Crippen molar-refractivity contribution in [1.29, 1.82) is 0 Å². The van der Waals surface area contributed by atoms with Crippen LogP contribution in [0.3, 0.4) is 0 Å². The number of nitrogens with zero attached hydrogens (tertiary/aromatic N) is 1. The zero-order valence-electron chi connectivity index (χ0n) is 10.8. The molecular formula is C14H16F3N3. The number of fused-ring (bicyclic) bond motifs is 1. The number of aliphatic imine (C=N–C) groups is 1. The molecule has 0 saturated heterocycles. The molecule has 0 aromatic heterocycles. The van der Waals surface area contributed by atoms with Crippen LogP contribution < -0.4 is 11.1 Å². The van der Waals surface area contributed by atoms with E-state index in [1.165, 1.54) is 12.1 Å². The number of amidine groups is 1. The van der Waals surface area contributed by atoms with E-state index < -0.39 is 11.7 Å². The molecule has 1 fully saturated rings. The summed E-state index contributed by atoms with van der Waals surface area (Å²) in [7, 11) is 0. The Bertz CT molecular complexity index is 539. The van der Waals surface area contributed by atoms with Crippen molar-refractivity contribution >= 4 is 5.84 Å². The highest BCUT2D eigenvalue weighted by molar-refractivity contribution is 6.01. The predicted octanol–water partition coefficient (Wildman–Crippen LogP) is 2.30. The molecule has 3 rings (SSSR count). The first kappa shape index (κ1) is 13.4. The standard InChI is InChI=1S/C14H16F3N3/c15-14(16,17)10-4-2-1-3-9(10)13-19-11-6-5-8(18)7-12(11)20-13/h1-4,8,11-12H,5-7,18H2,(H,19,20). The van der Waals surface area contributed by atoms with Crippen LogP contribution in [0, 0.1) is 0 Å². The fourth-order valence-electron chi connectivity index (χ4n) is 2.96. The normalized spacial score (nSPS) is 29.6. The van der Waals surface area contributed by atoms with Gasteiger partial charge in [0.25, 0.3) is 0 Å². The zero-order valence-corrected chi connectivity index (χ0v) is 10.8. The maximum atomic E-state index is 13.0. The molecule has 1 heterocycles. The molecule has 1 aromatic rings. The number of rotatable bonds is 1. The zero-order chi connectivity index (χ0) is 14.3. The van der Waals surface area contributed by atoms with E-state index in [1.807, 2.05) is 0 Å². The summed E-state index contributed by atoms with van der Waals surface area (Å²) in [5, 5.41) is 3.12. The summed E-state index contributed by atoms with van der Waals surface area (Å²) in [4.78, 5) is 4.44. The Morgan fingerprint density at radius 3 is 2.70 bits per heavy atom. The van der Waals surface area contributed by atoms with E-state index >= 15 is 0 Å². The minimum atomic E-state index is -4.37. The Kier molecular flexibility index (Phi) is 3.20. The summed E-state index contributed by atoms with van der Waals surface area (Å²) in [6, 6.07) is 5.77. The molecule has 20 heavy (non-hydrogen) atoms. The maximum absolute atomic E-state index is 13.0. The first-order chi connectivity index (χ1) is 9.45. The number of hydrogen-bond donors (Lipinski definition) is 2. The van der Waals surface area contributed by atoms with Crippen LogP contribution in [-0.2, 0) is 6.18 Å². The molecule has 3 N–H and O–H groups in total. The van der Waals surface area contributed by atoms with Gasteiger partial charge in [-0.15, -0.1) is 0 Å². The molecule has 0 bridgehead atoms. The monoisotopic (exact) mass is 283 g/mol. The quantitative estimate of drug-likeness (QED) is 0.831. The van der Waals surface area contributed by atoms with Crippen LogP contribution in [0.15, 0.2) is 29.3 Å². The van der Waals surface area contributed by atoms with Gasteiger partial charge in [0.05, 0.1) is 17.6 Å². The van der Waals surface area contributed by atoms with Crippen LogP contribution in [0.25, 0.3) is 0 Å². The lowest BCUT2D eigenvalue weighted by atomic mass is 9.88.